The van der Waals surface area contributed by atoms with Crippen molar-refractivity contribution in [2.45, 2.75) is 46.1 Å². The van der Waals surface area contributed by atoms with Crippen molar-refractivity contribution in [3.8, 4) is 0 Å². The summed E-state index contributed by atoms with van der Waals surface area (Å²) in [4.78, 5) is 11.4. The van der Waals surface area contributed by atoms with Crippen molar-refractivity contribution >= 4 is 5.97 Å². The molecule has 3 nitrogen and oxygen atoms in total. The second-order valence-electron chi connectivity index (χ2n) is 5.12. The van der Waals surface area contributed by atoms with Crippen molar-refractivity contribution in [2.24, 2.45) is 5.41 Å². The zero-order valence-corrected chi connectivity index (χ0v) is 10.2. The van der Waals surface area contributed by atoms with Gasteiger partial charge in [0.1, 0.15) is 0 Å². The van der Waals surface area contributed by atoms with Crippen LogP contribution in [0.15, 0.2) is 12.1 Å². The molecule has 0 radical (unpaired) electrons. The molecule has 1 heterocycles. The average molecular weight is 221 g/mol. The largest absolute Gasteiger partial charge is 0.481 e. The average Bonchev–Trinajstić information content (AvgIpc) is 2.72. The highest BCUT2D eigenvalue weighted by molar-refractivity contribution is 5.75. The summed E-state index contributed by atoms with van der Waals surface area (Å²) >= 11 is 0. The summed E-state index contributed by atoms with van der Waals surface area (Å²) in [7, 11) is 0. The maximum Gasteiger partial charge on any atom is 0.311 e. The third-order valence-corrected chi connectivity index (χ3v) is 4.04. The van der Waals surface area contributed by atoms with E-state index in [9.17, 15) is 9.90 Å². The van der Waals surface area contributed by atoms with Crippen LogP contribution in [-0.4, -0.2) is 15.6 Å². The van der Waals surface area contributed by atoms with Crippen LogP contribution in [0.1, 0.15) is 43.6 Å². The Bertz CT molecular complexity index is 402. The SMILES string of the molecule is Cc1ccc(C)n1C1CCCC1(C)C(=O)O. The van der Waals surface area contributed by atoms with Gasteiger partial charge in [-0.2, -0.15) is 0 Å². The lowest BCUT2D eigenvalue weighted by atomic mass is 9.84. The summed E-state index contributed by atoms with van der Waals surface area (Å²) in [5, 5.41) is 9.41. The molecule has 1 aromatic rings. The first kappa shape index (κ1) is 11.2. The minimum Gasteiger partial charge on any atom is -0.481 e. The third kappa shape index (κ3) is 1.46. The molecule has 0 amide bonds. The summed E-state index contributed by atoms with van der Waals surface area (Å²) < 4.78 is 2.20. The molecule has 1 saturated carbocycles. The van der Waals surface area contributed by atoms with Crippen LogP contribution in [-0.2, 0) is 4.79 Å². The molecule has 0 aliphatic heterocycles. The Morgan fingerprint density at radius 3 is 2.50 bits per heavy atom. The molecule has 1 aliphatic rings. The molecule has 0 spiro atoms. The van der Waals surface area contributed by atoms with E-state index in [-0.39, 0.29) is 6.04 Å². The molecule has 1 N–H and O–H groups in total. The highest BCUT2D eigenvalue weighted by Gasteiger charge is 2.46. The van der Waals surface area contributed by atoms with E-state index in [0.717, 1.165) is 30.7 Å². The second-order valence-corrected chi connectivity index (χ2v) is 5.12. The number of aliphatic carboxylic acids is 1. The first-order valence-electron chi connectivity index (χ1n) is 5.84. The summed E-state index contributed by atoms with van der Waals surface area (Å²) in [5.41, 5.74) is 1.72. The monoisotopic (exact) mass is 221 g/mol. The van der Waals surface area contributed by atoms with Crippen LogP contribution in [0.2, 0.25) is 0 Å². The first-order chi connectivity index (χ1) is 7.47. The van der Waals surface area contributed by atoms with Gasteiger partial charge in [-0.15, -0.1) is 0 Å². The predicted octanol–water partition coefficient (Wildman–Crippen LogP) is 2.92. The summed E-state index contributed by atoms with van der Waals surface area (Å²) in [6.07, 6.45) is 2.76. The van der Waals surface area contributed by atoms with E-state index in [2.05, 4.69) is 16.7 Å². The van der Waals surface area contributed by atoms with Crippen LogP contribution < -0.4 is 0 Å². The maximum absolute atomic E-state index is 11.4. The molecule has 2 unspecified atom stereocenters. The molecule has 88 valence electrons. The maximum atomic E-state index is 11.4. The molecule has 0 saturated heterocycles. The third-order valence-electron chi connectivity index (χ3n) is 4.04. The molecule has 2 atom stereocenters. The molecule has 16 heavy (non-hydrogen) atoms. The fourth-order valence-electron chi connectivity index (χ4n) is 2.98. The molecule has 1 fully saturated rings. The van der Waals surface area contributed by atoms with E-state index in [1.54, 1.807) is 0 Å². The molecule has 0 bridgehead atoms. The van der Waals surface area contributed by atoms with Crippen LogP contribution in [0.4, 0.5) is 0 Å². The molecule has 2 rings (SSSR count). The van der Waals surface area contributed by atoms with E-state index in [1.165, 1.54) is 0 Å². The molecular weight excluding hydrogens is 202 g/mol. The van der Waals surface area contributed by atoms with Gasteiger partial charge in [-0.05, 0) is 45.7 Å². The zero-order chi connectivity index (χ0) is 11.9. The highest BCUT2D eigenvalue weighted by atomic mass is 16.4. The quantitative estimate of drug-likeness (QED) is 0.834. The Kier molecular flexibility index (Phi) is 2.56. The van der Waals surface area contributed by atoms with E-state index in [1.807, 2.05) is 20.8 Å². The van der Waals surface area contributed by atoms with Gasteiger partial charge in [-0.25, -0.2) is 0 Å². The predicted molar refractivity (Wildman–Crippen MR) is 62.5 cm³/mol. The fraction of sp³-hybridized carbons (Fsp3) is 0.615. The number of hydrogen-bond donors (Lipinski definition) is 1. The number of aromatic nitrogens is 1. The lowest BCUT2D eigenvalue weighted by Gasteiger charge is -2.30. The van der Waals surface area contributed by atoms with Gasteiger partial charge in [0.15, 0.2) is 0 Å². The van der Waals surface area contributed by atoms with Crippen molar-refractivity contribution in [3.05, 3.63) is 23.5 Å². The van der Waals surface area contributed by atoms with E-state index in [4.69, 9.17) is 0 Å². The van der Waals surface area contributed by atoms with Gasteiger partial charge in [0, 0.05) is 17.4 Å². The van der Waals surface area contributed by atoms with Crippen LogP contribution in [0.25, 0.3) is 0 Å². The zero-order valence-electron chi connectivity index (χ0n) is 10.2. The summed E-state index contributed by atoms with van der Waals surface area (Å²) in [6.45, 7) is 5.98. The number of rotatable bonds is 2. The lowest BCUT2D eigenvalue weighted by Crippen LogP contribution is -2.34. The van der Waals surface area contributed by atoms with Crippen molar-refractivity contribution in [3.63, 3.8) is 0 Å². The first-order valence-corrected chi connectivity index (χ1v) is 5.84. The molecule has 1 aliphatic carbocycles. The Hall–Kier alpha value is -1.25. The molecule has 1 aromatic heterocycles. The Morgan fingerprint density at radius 2 is 2.00 bits per heavy atom. The van der Waals surface area contributed by atoms with Gasteiger partial charge in [0.25, 0.3) is 0 Å². The van der Waals surface area contributed by atoms with Crippen LogP contribution in [0.5, 0.6) is 0 Å². The second kappa shape index (κ2) is 3.65. The normalized spacial score (nSPS) is 29.6. The molecule has 3 heteroatoms. The van der Waals surface area contributed by atoms with E-state index < -0.39 is 11.4 Å². The van der Waals surface area contributed by atoms with Gasteiger partial charge in [-0.3, -0.25) is 4.79 Å². The number of nitrogens with zero attached hydrogens (tertiary/aromatic N) is 1. The van der Waals surface area contributed by atoms with Crippen LogP contribution in [0.3, 0.4) is 0 Å². The van der Waals surface area contributed by atoms with Crippen LogP contribution >= 0.6 is 0 Å². The van der Waals surface area contributed by atoms with Gasteiger partial charge in [0.05, 0.1) is 5.41 Å². The standard InChI is InChI=1S/C13H19NO2/c1-9-6-7-10(2)14(9)11-5-4-8-13(11,3)12(15)16/h6-7,11H,4-5,8H2,1-3H3,(H,15,16). The summed E-state index contributed by atoms with van der Waals surface area (Å²) in [6, 6.07) is 4.24. The smallest absolute Gasteiger partial charge is 0.311 e. The van der Waals surface area contributed by atoms with Crippen LogP contribution in [0, 0.1) is 19.3 Å². The number of hydrogen-bond acceptors (Lipinski definition) is 1. The van der Waals surface area contributed by atoms with Gasteiger partial charge < -0.3 is 9.67 Å². The van der Waals surface area contributed by atoms with Crippen molar-refractivity contribution in [1.82, 2.24) is 4.57 Å². The van der Waals surface area contributed by atoms with E-state index in [0.29, 0.717) is 0 Å². The molecular formula is C13H19NO2. The Labute approximate surface area is 96.1 Å². The highest BCUT2D eigenvalue weighted by Crippen LogP contribution is 2.47. The van der Waals surface area contributed by atoms with Crippen molar-refractivity contribution in [2.75, 3.05) is 0 Å². The lowest BCUT2D eigenvalue weighted by molar-refractivity contribution is -0.149. The van der Waals surface area contributed by atoms with Gasteiger partial charge in [-0.1, -0.05) is 6.42 Å². The van der Waals surface area contributed by atoms with E-state index >= 15 is 0 Å². The minimum atomic E-state index is -0.664. The van der Waals surface area contributed by atoms with Crippen molar-refractivity contribution < 1.29 is 9.90 Å². The molecule has 0 aromatic carbocycles. The van der Waals surface area contributed by atoms with Crippen molar-refractivity contribution in [1.29, 1.82) is 0 Å². The fourth-order valence-corrected chi connectivity index (χ4v) is 2.98. The summed E-state index contributed by atoms with van der Waals surface area (Å²) in [5.74, 6) is -0.664. The van der Waals surface area contributed by atoms with Gasteiger partial charge >= 0.3 is 5.97 Å². The number of carboxylic acid groups (broad SMARTS) is 1. The topological polar surface area (TPSA) is 42.2 Å². The number of carboxylic acids is 1. The van der Waals surface area contributed by atoms with Gasteiger partial charge in [0.2, 0.25) is 0 Å². The Balaban J connectivity index is 2.45. The minimum absolute atomic E-state index is 0.111. The number of carbonyl (C=O) groups is 1. The Morgan fingerprint density at radius 1 is 1.44 bits per heavy atom. The number of aryl methyl sites for hydroxylation is 2.